The van der Waals surface area contributed by atoms with Gasteiger partial charge in [0.05, 0.1) is 0 Å². The SMILES string of the molecule is CCCN(CCC)S(=O)(=O)N(CCCC(=O)O)C(C)C. The van der Waals surface area contributed by atoms with Crippen molar-refractivity contribution < 1.29 is 18.3 Å². The molecule has 120 valence electrons. The Labute approximate surface area is 122 Å². The van der Waals surface area contributed by atoms with Gasteiger partial charge in [-0.3, -0.25) is 4.79 Å². The van der Waals surface area contributed by atoms with Crippen molar-refractivity contribution in [3.63, 3.8) is 0 Å². The normalized spacial score (nSPS) is 12.6. The lowest BCUT2D eigenvalue weighted by atomic mass is 10.3. The Bertz CT molecular complexity index is 376. The van der Waals surface area contributed by atoms with Gasteiger partial charge in [-0.15, -0.1) is 0 Å². The van der Waals surface area contributed by atoms with Crippen molar-refractivity contribution in [2.24, 2.45) is 0 Å². The molecule has 20 heavy (non-hydrogen) atoms. The molecule has 0 aliphatic carbocycles. The van der Waals surface area contributed by atoms with E-state index in [0.717, 1.165) is 12.8 Å². The summed E-state index contributed by atoms with van der Waals surface area (Å²) in [5, 5.41) is 8.67. The summed E-state index contributed by atoms with van der Waals surface area (Å²) in [4.78, 5) is 10.6. The van der Waals surface area contributed by atoms with Crippen LogP contribution in [0.5, 0.6) is 0 Å². The molecule has 0 atom stereocenters. The molecule has 0 aliphatic rings. The second-order valence-corrected chi connectivity index (χ2v) is 6.99. The molecule has 0 rings (SSSR count). The van der Waals surface area contributed by atoms with Crippen LogP contribution in [0.25, 0.3) is 0 Å². The van der Waals surface area contributed by atoms with E-state index in [9.17, 15) is 13.2 Å². The number of hydrogen-bond donors (Lipinski definition) is 1. The van der Waals surface area contributed by atoms with E-state index < -0.39 is 16.2 Å². The zero-order valence-electron chi connectivity index (χ0n) is 13.0. The molecule has 0 aromatic heterocycles. The Kier molecular flexibility index (Phi) is 9.00. The van der Waals surface area contributed by atoms with E-state index in [4.69, 9.17) is 5.11 Å². The molecule has 1 N–H and O–H groups in total. The minimum Gasteiger partial charge on any atom is -0.481 e. The molecule has 0 aromatic rings. The van der Waals surface area contributed by atoms with Crippen LogP contribution in [0.1, 0.15) is 53.4 Å². The molecule has 0 saturated heterocycles. The van der Waals surface area contributed by atoms with Gasteiger partial charge in [-0.1, -0.05) is 13.8 Å². The Morgan fingerprint density at radius 2 is 1.60 bits per heavy atom. The minimum absolute atomic E-state index is 0.0136. The molecule has 0 fully saturated rings. The molecule has 7 heteroatoms. The van der Waals surface area contributed by atoms with Gasteiger partial charge in [0.15, 0.2) is 0 Å². The number of carboxylic acid groups (broad SMARTS) is 1. The predicted molar refractivity (Wildman–Crippen MR) is 79.8 cm³/mol. The summed E-state index contributed by atoms with van der Waals surface area (Å²) in [5.41, 5.74) is 0. The Balaban J connectivity index is 4.96. The smallest absolute Gasteiger partial charge is 0.303 e. The van der Waals surface area contributed by atoms with Gasteiger partial charge >= 0.3 is 5.97 Å². The number of aliphatic carboxylic acids is 1. The van der Waals surface area contributed by atoms with E-state index in [1.807, 2.05) is 27.7 Å². The number of nitrogens with zero attached hydrogens (tertiary/aromatic N) is 2. The van der Waals surface area contributed by atoms with Crippen LogP contribution in [0.2, 0.25) is 0 Å². The second-order valence-electron chi connectivity index (χ2n) is 5.11. The van der Waals surface area contributed by atoms with E-state index in [-0.39, 0.29) is 19.0 Å². The van der Waals surface area contributed by atoms with Crippen LogP contribution in [0.4, 0.5) is 0 Å². The first-order valence-electron chi connectivity index (χ1n) is 7.26. The van der Waals surface area contributed by atoms with E-state index >= 15 is 0 Å². The monoisotopic (exact) mass is 308 g/mol. The second kappa shape index (κ2) is 9.31. The summed E-state index contributed by atoms with van der Waals surface area (Å²) in [6.45, 7) is 8.76. The molecule has 0 radical (unpaired) electrons. The third-order valence-corrected chi connectivity index (χ3v) is 5.13. The molecule has 0 amide bonds. The largest absolute Gasteiger partial charge is 0.481 e. The molecular weight excluding hydrogens is 280 g/mol. The van der Waals surface area contributed by atoms with Crippen molar-refractivity contribution >= 4 is 16.2 Å². The van der Waals surface area contributed by atoms with Gasteiger partial charge in [-0.2, -0.15) is 17.0 Å². The molecule has 0 heterocycles. The van der Waals surface area contributed by atoms with Crippen molar-refractivity contribution in [3.8, 4) is 0 Å². The summed E-state index contributed by atoms with van der Waals surface area (Å²) < 4.78 is 28.2. The average molecular weight is 308 g/mol. The summed E-state index contributed by atoms with van der Waals surface area (Å²) >= 11 is 0. The van der Waals surface area contributed by atoms with Crippen LogP contribution in [-0.2, 0) is 15.0 Å². The highest BCUT2D eigenvalue weighted by molar-refractivity contribution is 7.86. The van der Waals surface area contributed by atoms with Crippen molar-refractivity contribution in [1.82, 2.24) is 8.61 Å². The first kappa shape index (κ1) is 19.3. The summed E-state index contributed by atoms with van der Waals surface area (Å²) in [5.74, 6) is -0.898. The number of carboxylic acids is 1. The third kappa shape index (κ3) is 6.19. The van der Waals surface area contributed by atoms with E-state index in [2.05, 4.69) is 0 Å². The van der Waals surface area contributed by atoms with Gasteiger partial charge in [0.1, 0.15) is 0 Å². The number of carbonyl (C=O) groups is 1. The molecule has 6 nitrogen and oxygen atoms in total. The standard InChI is InChI=1S/C13H28N2O4S/c1-5-9-14(10-6-2)20(18,19)15(12(3)4)11-7-8-13(16)17/h12H,5-11H2,1-4H3,(H,16,17). The van der Waals surface area contributed by atoms with Crippen molar-refractivity contribution in [1.29, 1.82) is 0 Å². The Morgan fingerprint density at radius 1 is 1.10 bits per heavy atom. The first-order valence-corrected chi connectivity index (χ1v) is 8.65. The lowest BCUT2D eigenvalue weighted by Crippen LogP contribution is -2.47. The van der Waals surface area contributed by atoms with Crippen LogP contribution < -0.4 is 0 Å². The highest BCUT2D eigenvalue weighted by Crippen LogP contribution is 2.15. The summed E-state index contributed by atoms with van der Waals surface area (Å²) in [6.07, 6.45) is 1.85. The topological polar surface area (TPSA) is 77.9 Å². The summed E-state index contributed by atoms with van der Waals surface area (Å²) in [6, 6.07) is -0.176. The maximum absolute atomic E-state index is 12.6. The zero-order chi connectivity index (χ0) is 15.8. The highest BCUT2D eigenvalue weighted by Gasteiger charge is 2.30. The fraction of sp³-hybridized carbons (Fsp3) is 0.923. The highest BCUT2D eigenvalue weighted by atomic mass is 32.2. The molecule has 0 aliphatic heterocycles. The predicted octanol–water partition coefficient (Wildman–Crippen LogP) is 1.93. The number of hydrogen-bond acceptors (Lipinski definition) is 3. The molecular formula is C13H28N2O4S. The zero-order valence-corrected chi connectivity index (χ0v) is 13.8. The van der Waals surface area contributed by atoms with Crippen molar-refractivity contribution in [3.05, 3.63) is 0 Å². The quantitative estimate of drug-likeness (QED) is 0.632. The van der Waals surface area contributed by atoms with E-state index in [1.165, 1.54) is 8.61 Å². The maximum Gasteiger partial charge on any atom is 0.303 e. The third-order valence-electron chi connectivity index (χ3n) is 2.91. The van der Waals surface area contributed by atoms with Crippen LogP contribution in [0, 0.1) is 0 Å². The summed E-state index contributed by atoms with van der Waals surface area (Å²) in [7, 11) is -3.51. The maximum atomic E-state index is 12.6. The fourth-order valence-electron chi connectivity index (χ4n) is 2.02. The molecule has 0 saturated carbocycles. The molecule has 0 unspecified atom stereocenters. The molecule has 0 aromatic carbocycles. The van der Waals surface area contributed by atoms with Crippen LogP contribution in [0.3, 0.4) is 0 Å². The first-order chi connectivity index (χ1) is 9.27. The lowest BCUT2D eigenvalue weighted by Gasteiger charge is -2.32. The van der Waals surface area contributed by atoms with Gasteiger partial charge in [0, 0.05) is 32.1 Å². The van der Waals surface area contributed by atoms with Crippen molar-refractivity contribution in [2.75, 3.05) is 19.6 Å². The van der Waals surface area contributed by atoms with Gasteiger partial charge in [0.25, 0.3) is 10.2 Å². The Hall–Kier alpha value is -0.660. The van der Waals surface area contributed by atoms with Crippen LogP contribution >= 0.6 is 0 Å². The van der Waals surface area contributed by atoms with E-state index in [0.29, 0.717) is 19.5 Å². The Morgan fingerprint density at radius 3 is 1.95 bits per heavy atom. The van der Waals surface area contributed by atoms with Gasteiger partial charge < -0.3 is 5.11 Å². The van der Waals surface area contributed by atoms with Crippen LogP contribution in [-0.4, -0.2) is 53.8 Å². The van der Waals surface area contributed by atoms with Gasteiger partial charge in [-0.25, -0.2) is 0 Å². The fourth-order valence-corrected chi connectivity index (χ4v) is 4.03. The minimum atomic E-state index is -3.51. The van der Waals surface area contributed by atoms with Crippen LogP contribution in [0.15, 0.2) is 0 Å². The average Bonchev–Trinajstić information content (AvgIpc) is 2.33. The van der Waals surface area contributed by atoms with E-state index in [1.54, 1.807) is 0 Å². The van der Waals surface area contributed by atoms with Gasteiger partial charge in [-0.05, 0) is 33.1 Å². The van der Waals surface area contributed by atoms with Gasteiger partial charge in [0.2, 0.25) is 0 Å². The van der Waals surface area contributed by atoms with Crippen molar-refractivity contribution in [2.45, 2.75) is 59.4 Å². The molecule has 0 spiro atoms. The number of rotatable bonds is 11. The lowest BCUT2D eigenvalue weighted by molar-refractivity contribution is -0.137. The molecule has 0 bridgehead atoms.